The van der Waals surface area contributed by atoms with Gasteiger partial charge in [-0.2, -0.15) is 0 Å². The molecule has 0 aliphatic carbocycles. The number of benzene rings is 1. The van der Waals surface area contributed by atoms with Crippen molar-refractivity contribution in [3.05, 3.63) is 53.5 Å². The Balaban J connectivity index is 1.85. The van der Waals surface area contributed by atoms with Gasteiger partial charge in [0.25, 0.3) is 5.91 Å². The smallest absolute Gasteiger partial charge is 0.254 e. The molecule has 1 amide bonds. The molecule has 0 aliphatic rings. The normalized spacial score (nSPS) is 12.0. The summed E-state index contributed by atoms with van der Waals surface area (Å²) < 4.78 is 10.9. The first-order valence-electron chi connectivity index (χ1n) is 6.88. The van der Waals surface area contributed by atoms with Crippen LogP contribution in [0.2, 0.25) is 0 Å². The first kappa shape index (κ1) is 15.1. The number of nitrogens with one attached hydrogen (secondary N) is 1. The highest BCUT2D eigenvalue weighted by Gasteiger charge is 2.12. The molecule has 1 aromatic heterocycles. The topological polar surface area (TPSA) is 77.5 Å². The van der Waals surface area contributed by atoms with E-state index in [1.54, 1.807) is 6.07 Å². The highest BCUT2D eigenvalue weighted by molar-refractivity contribution is 5.93. The van der Waals surface area contributed by atoms with E-state index in [0.29, 0.717) is 17.9 Å². The second-order valence-electron chi connectivity index (χ2n) is 4.91. The van der Waals surface area contributed by atoms with Gasteiger partial charge >= 0.3 is 0 Å². The van der Waals surface area contributed by atoms with E-state index < -0.39 is 0 Å². The number of ether oxygens (including phenoxy) is 1. The van der Waals surface area contributed by atoms with E-state index >= 15 is 0 Å². The van der Waals surface area contributed by atoms with Gasteiger partial charge in [0.1, 0.15) is 23.9 Å². The molecule has 0 saturated carbocycles. The van der Waals surface area contributed by atoms with Gasteiger partial charge in [0.15, 0.2) is 0 Å². The Morgan fingerprint density at radius 2 is 2.19 bits per heavy atom. The fraction of sp³-hybridized carbons (Fsp3) is 0.312. The van der Waals surface area contributed by atoms with E-state index in [1.165, 1.54) is 6.26 Å². The SMILES string of the molecule is Cc1ccccc1OC(C)CNC(=O)c1coc(CN)c1. The van der Waals surface area contributed by atoms with Gasteiger partial charge in [0.05, 0.1) is 18.7 Å². The Hall–Kier alpha value is -2.27. The van der Waals surface area contributed by atoms with Crippen molar-refractivity contribution in [2.24, 2.45) is 5.73 Å². The second kappa shape index (κ2) is 6.95. The highest BCUT2D eigenvalue weighted by atomic mass is 16.5. The van der Waals surface area contributed by atoms with Gasteiger partial charge in [-0.25, -0.2) is 0 Å². The second-order valence-corrected chi connectivity index (χ2v) is 4.91. The Labute approximate surface area is 124 Å². The Bertz CT molecular complexity index is 607. The fourth-order valence-electron chi connectivity index (χ4n) is 1.89. The van der Waals surface area contributed by atoms with Crippen LogP contribution in [-0.4, -0.2) is 18.6 Å². The molecule has 0 saturated heterocycles. The Kier molecular flexibility index (Phi) is 5.00. The molecular formula is C16H20N2O3. The summed E-state index contributed by atoms with van der Waals surface area (Å²) in [6.45, 7) is 4.59. The number of aryl methyl sites for hydroxylation is 1. The van der Waals surface area contributed by atoms with E-state index in [-0.39, 0.29) is 18.6 Å². The van der Waals surface area contributed by atoms with Crippen LogP contribution in [0.4, 0.5) is 0 Å². The minimum Gasteiger partial charge on any atom is -0.489 e. The summed E-state index contributed by atoms with van der Waals surface area (Å²) in [5.41, 5.74) is 6.98. The zero-order valence-corrected chi connectivity index (χ0v) is 12.3. The van der Waals surface area contributed by atoms with Crippen LogP contribution in [0.3, 0.4) is 0 Å². The molecule has 5 heteroatoms. The van der Waals surface area contributed by atoms with Crippen molar-refractivity contribution in [1.29, 1.82) is 0 Å². The van der Waals surface area contributed by atoms with E-state index in [0.717, 1.165) is 11.3 Å². The van der Waals surface area contributed by atoms with E-state index in [2.05, 4.69) is 5.32 Å². The largest absolute Gasteiger partial charge is 0.489 e. The van der Waals surface area contributed by atoms with Crippen molar-refractivity contribution in [1.82, 2.24) is 5.32 Å². The third kappa shape index (κ3) is 4.10. The maximum absolute atomic E-state index is 11.9. The molecule has 0 spiro atoms. The number of carbonyl (C=O) groups is 1. The first-order valence-corrected chi connectivity index (χ1v) is 6.88. The fourth-order valence-corrected chi connectivity index (χ4v) is 1.89. The van der Waals surface area contributed by atoms with Gasteiger partial charge in [-0.1, -0.05) is 18.2 Å². The number of hydrogen-bond acceptors (Lipinski definition) is 4. The Morgan fingerprint density at radius 1 is 1.43 bits per heavy atom. The van der Waals surface area contributed by atoms with Crippen LogP contribution in [0.25, 0.3) is 0 Å². The lowest BCUT2D eigenvalue weighted by Gasteiger charge is -2.16. The number of furan rings is 1. The molecule has 0 fully saturated rings. The van der Waals surface area contributed by atoms with Gasteiger partial charge < -0.3 is 20.2 Å². The van der Waals surface area contributed by atoms with Crippen LogP contribution in [-0.2, 0) is 6.54 Å². The van der Waals surface area contributed by atoms with Crippen LogP contribution in [0.1, 0.15) is 28.6 Å². The summed E-state index contributed by atoms with van der Waals surface area (Å²) in [4.78, 5) is 11.9. The number of para-hydroxylation sites is 1. The number of carbonyl (C=O) groups excluding carboxylic acids is 1. The van der Waals surface area contributed by atoms with Crippen LogP contribution in [0.15, 0.2) is 41.0 Å². The molecule has 0 bridgehead atoms. The monoisotopic (exact) mass is 288 g/mol. The van der Waals surface area contributed by atoms with Crippen molar-refractivity contribution in [2.45, 2.75) is 26.5 Å². The maximum Gasteiger partial charge on any atom is 0.254 e. The molecule has 3 N–H and O–H groups in total. The van der Waals surface area contributed by atoms with Crippen LogP contribution in [0.5, 0.6) is 5.75 Å². The van der Waals surface area contributed by atoms with E-state index in [9.17, 15) is 4.79 Å². The van der Waals surface area contributed by atoms with Crippen LogP contribution >= 0.6 is 0 Å². The zero-order chi connectivity index (χ0) is 15.2. The molecule has 2 aromatic rings. The maximum atomic E-state index is 11.9. The number of hydrogen-bond donors (Lipinski definition) is 2. The van der Waals surface area contributed by atoms with Crippen molar-refractivity contribution >= 4 is 5.91 Å². The lowest BCUT2D eigenvalue weighted by molar-refractivity contribution is 0.0931. The minimum atomic E-state index is -0.196. The lowest BCUT2D eigenvalue weighted by Crippen LogP contribution is -2.33. The average Bonchev–Trinajstić information content (AvgIpc) is 2.96. The van der Waals surface area contributed by atoms with Gasteiger partial charge in [-0.3, -0.25) is 4.79 Å². The van der Waals surface area contributed by atoms with Crippen molar-refractivity contribution in [3.63, 3.8) is 0 Å². The molecule has 0 radical (unpaired) electrons. The minimum absolute atomic E-state index is 0.129. The van der Waals surface area contributed by atoms with Crippen LogP contribution in [0, 0.1) is 6.92 Å². The van der Waals surface area contributed by atoms with Gasteiger partial charge in [0, 0.05) is 0 Å². The third-order valence-electron chi connectivity index (χ3n) is 3.09. The summed E-state index contributed by atoms with van der Waals surface area (Å²) in [5.74, 6) is 1.22. The first-order chi connectivity index (χ1) is 10.1. The molecule has 1 atom stereocenters. The third-order valence-corrected chi connectivity index (χ3v) is 3.09. The van der Waals surface area contributed by atoms with Crippen LogP contribution < -0.4 is 15.8 Å². The summed E-state index contributed by atoms with van der Waals surface area (Å²) in [7, 11) is 0. The Morgan fingerprint density at radius 3 is 2.86 bits per heavy atom. The summed E-state index contributed by atoms with van der Waals surface area (Å²) in [5, 5.41) is 2.81. The number of nitrogens with two attached hydrogens (primary N) is 1. The molecule has 5 nitrogen and oxygen atoms in total. The average molecular weight is 288 g/mol. The molecule has 1 unspecified atom stereocenters. The molecule has 1 aromatic carbocycles. The van der Waals surface area contributed by atoms with Crippen molar-refractivity contribution < 1.29 is 13.9 Å². The number of amides is 1. The van der Waals surface area contributed by atoms with Gasteiger partial charge in [-0.15, -0.1) is 0 Å². The standard InChI is InChI=1S/C16H20N2O3/c1-11-5-3-4-6-15(11)21-12(2)9-18-16(19)13-7-14(8-17)20-10-13/h3-7,10,12H,8-9,17H2,1-2H3,(H,18,19). The zero-order valence-electron chi connectivity index (χ0n) is 12.3. The molecule has 0 aliphatic heterocycles. The molecule has 21 heavy (non-hydrogen) atoms. The van der Waals surface area contributed by atoms with Crippen molar-refractivity contribution in [3.8, 4) is 5.75 Å². The summed E-state index contributed by atoms with van der Waals surface area (Å²) in [6.07, 6.45) is 1.28. The molecule has 1 heterocycles. The van der Waals surface area contributed by atoms with Gasteiger partial charge in [-0.05, 0) is 31.5 Å². The summed E-state index contributed by atoms with van der Waals surface area (Å²) >= 11 is 0. The molecule has 112 valence electrons. The van der Waals surface area contributed by atoms with E-state index in [4.69, 9.17) is 14.9 Å². The van der Waals surface area contributed by atoms with E-state index in [1.807, 2.05) is 38.1 Å². The molecular weight excluding hydrogens is 268 g/mol. The number of rotatable bonds is 6. The predicted molar refractivity (Wildman–Crippen MR) is 80.2 cm³/mol. The lowest BCUT2D eigenvalue weighted by atomic mass is 10.2. The quantitative estimate of drug-likeness (QED) is 0.854. The predicted octanol–water partition coefficient (Wildman–Crippen LogP) is 2.24. The molecule has 2 rings (SSSR count). The highest BCUT2D eigenvalue weighted by Crippen LogP contribution is 2.17. The van der Waals surface area contributed by atoms with Crippen molar-refractivity contribution in [2.75, 3.05) is 6.54 Å². The van der Waals surface area contributed by atoms with Gasteiger partial charge in [0.2, 0.25) is 0 Å². The summed E-state index contributed by atoms with van der Waals surface area (Å²) in [6, 6.07) is 9.43.